The molecule has 3 aromatic rings. The zero-order valence-electron chi connectivity index (χ0n) is 16.7. The van der Waals surface area contributed by atoms with Gasteiger partial charge in [0.2, 0.25) is 5.75 Å². The summed E-state index contributed by atoms with van der Waals surface area (Å²) in [5.41, 5.74) is 1.26. The number of benzene rings is 2. The van der Waals surface area contributed by atoms with Gasteiger partial charge < -0.3 is 19.1 Å². The Kier molecular flexibility index (Phi) is 5.45. The molecule has 1 aliphatic rings. The Morgan fingerprint density at radius 2 is 1.83 bits per heavy atom. The topological polar surface area (TPSA) is 65.3 Å². The summed E-state index contributed by atoms with van der Waals surface area (Å²) >= 11 is 1.31. The molecule has 0 amide bonds. The number of rotatable bonds is 5. The van der Waals surface area contributed by atoms with Gasteiger partial charge in [-0.05, 0) is 42.0 Å². The lowest BCUT2D eigenvalue weighted by Gasteiger charge is -2.25. The number of hydrogen-bond donors (Lipinski definition) is 0. The van der Waals surface area contributed by atoms with Crippen molar-refractivity contribution in [3.63, 3.8) is 0 Å². The zero-order valence-corrected chi connectivity index (χ0v) is 17.5. The molecule has 0 saturated heterocycles. The first-order chi connectivity index (χ1) is 14.5. The Morgan fingerprint density at radius 3 is 2.47 bits per heavy atom. The third-order valence-corrected chi connectivity index (χ3v) is 5.78. The third-order valence-electron chi connectivity index (χ3n) is 4.74. The van der Waals surface area contributed by atoms with Gasteiger partial charge in [0.05, 0.1) is 25.9 Å². The van der Waals surface area contributed by atoms with Crippen molar-refractivity contribution in [2.45, 2.75) is 6.67 Å². The second kappa shape index (κ2) is 8.19. The number of ether oxygens (including phenoxy) is 3. The van der Waals surface area contributed by atoms with Gasteiger partial charge in [-0.1, -0.05) is 17.4 Å². The lowest BCUT2D eigenvalue weighted by molar-refractivity contribution is 0.324. The molecule has 0 N–H and O–H groups in total. The number of nitrogens with zero attached hydrogens (tertiary/aromatic N) is 3. The van der Waals surface area contributed by atoms with Crippen LogP contribution in [-0.2, 0) is 6.67 Å². The molecule has 0 saturated carbocycles. The summed E-state index contributed by atoms with van der Waals surface area (Å²) in [5, 5.41) is 0. The van der Waals surface area contributed by atoms with Gasteiger partial charge in [-0.15, -0.1) is 0 Å². The molecule has 1 aromatic heterocycles. The van der Waals surface area contributed by atoms with Gasteiger partial charge in [0.25, 0.3) is 5.56 Å². The summed E-state index contributed by atoms with van der Waals surface area (Å²) in [7, 11) is 4.62. The molecular weight excluding hydrogens is 409 g/mol. The van der Waals surface area contributed by atoms with Crippen LogP contribution in [0, 0.1) is 5.82 Å². The van der Waals surface area contributed by atoms with E-state index in [1.54, 1.807) is 49.1 Å². The molecule has 0 bridgehead atoms. The Labute approximate surface area is 175 Å². The number of thiazole rings is 1. The molecule has 156 valence electrons. The smallest absolute Gasteiger partial charge is 0.271 e. The molecule has 0 atom stereocenters. The molecular formula is C21H20FN3O4S. The summed E-state index contributed by atoms with van der Waals surface area (Å²) in [4.78, 5) is 20.0. The van der Waals surface area contributed by atoms with Crippen molar-refractivity contribution in [2.24, 2.45) is 4.99 Å². The second-order valence-corrected chi connectivity index (χ2v) is 7.55. The van der Waals surface area contributed by atoms with Crippen LogP contribution in [0.3, 0.4) is 0 Å². The maximum Gasteiger partial charge on any atom is 0.271 e. The minimum atomic E-state index is -0.326. The Balaban J connectivity index is 1.74. The lowest BCUT2D eigenvalue weighted by atomic mass is 10.1. The van der Waals surface area contributed by atoms with E-state index < -0.39 is 0 Å². The summed E-state index contributed by atoms with van der Waals surface area (Å²) in [6.45, 7) is 0.660. The normalized spacial score (nSPS) is 13.6. The molecule has 0 aliphatic carbocycles. The van der Waals surface area contributed by atoms with Crippen molar-refractivity contribution in [3.8, 4) is 17.2 Å². The standard InChI is InChI=1S/C21H20FN3O4S/c1-27-16-7-13(8-17(28-2)19(16)29-3)9-18-20(26)25-12-24(11-23-21(25)30-18)15-6-4-5-14(22)10-15/h4-10H,11-12H2,1-3H3/b18-9-. The quantitative estimate of drug-likeness (QED) is 0.621. The molecule has 0 fully saturated rings. The minimum absolute atomic E-state index is 0.159. The van der Waals surface area contributed by atoms with Crippen LogP contribution in [0.1, 0.15) is 5.56 Å². The van der Waals surface area contributed by atoms with Gasteiger partial charge >= 0.3 is 0 Å². The maximum atomic E-state index is 13.6. The third kappa shape index (κ3) is 3.63. The van der Waals surface area contributed by atoms with Crippen LogP contribution < -0.4 is 34.0 Å². The number of fused-ring (bicyclic) bond motifs is 1. The summed E-state index contributed by atoms with van der Waals surface area (Å²) < 4.78 is 31.8. The average molecular weight is 429 g/mol. The van der Waals surface area contributed by atoms with Crippen LogP contribution in [0.5, 0.6) is 17.2 Å². The van der Waals surface area contributed by atoms with Crippen molar-refractivity contribution >= 4 is 23.1 Å². The number of hydrogen-bond acceptors (Lipinski definition) is 7. The second-order valence-electron chi connectivity index (χ2n) is 6.55. The highest BCUT2D eigenvalue weighted by molar-refractivity contribution is 7.07. The molecule has 30 heavy (non-hydrogen) atoms. The van der Waals surface area contributed by atoms with E-state index in [1.807, 2.05) is 4.90 Å². The first-order valence-electron chi connectivity index (χ1n) is 9.10. The van der Waals surface area contributed by atoms with Crippen molar-refractivity contribution < 1.29 is 18.6 Å². The molecule has 7 nitrogen and oxygen atoms in total. The Hall–Kier alpha value is -3.33. The van der Waals surface area contributed by atoms with Gasteiger partial charge in [0, 0.05) is 5.69 Å². The van der Waals surface area contributed by atoms with E-state index in [9.17, 15) is 9.18 Å². The first kappa shape index (κ1) is 20.0. The van der Waals surface area contributed by atoms with Crippen molar-refractivity contribution in [1.29, 1.82) is 0 Å². The fourth-order valence-corrected chi connectivity index (χ4v) is 4.25. The number of aromatic nitrogens is 1. The van der Waals surface area contributed by atoms with Gasteiger partial charge in [0.1, 0.15) is 19.2 Å². The molecule has 0 unspecified atom stereocenters. The molecule has 2 heterocycles. The predicted octanol–water partition coefficient (Wildman–Crippen LogP) is 1.96. The fraction of sp³-hybridized carbons (Fsp3) is 0.238. The fourth-order valence-electron chi connectivity index (χ4n) is 3.28. The van der Waals surface area contributed by atoms with Crippen molar-refractivity contribution in [2.75, 3.05) is 32.9 Å². The van der Waals surface area contributed by atoms with Gasteiger partial charge in [-0.25, -0.2) is 9.38 Å². The average Bonchev–Trinajstić information content (AvgIpc) is 3.07. The number of anilines is 1. The summed E-state index contributed by atoms with van der Waals surface area (Å²) in [6.07, 6.45) is 1.77. The van der Waals surface area contributed by atoms with Gasteiger partial charge in [-0.2, -0.15) is 0 Å². The van der Waals surface area contributed by atoms with E-state index in [2.05, 4.69) is 4.99 Å². The molecule has 0 radical (unpaired) electrons. The van der Waals surface area contributed by atoms with Crippen LogP contribution in [0.2, 0.25) is 0 Å². The highest BCUT2D eigenvalue weighted by Crippen LogP contribution is 2.38. The maximum absolute atomic E-state index is 13.6. The SMILES string of the molecule is COc1cc(/C=c2\sc3n(c2=O)CN(c2cccc(F)c2)CN=3)cc(OC)c1OC. The molecule has 1 aliphatic heterocycles. The highest BCUT2D eigenvalue weighted by Gasteiger charge is 2.17. The monoisotopic (exact) mass is 429 g/mol. The Bertz CT molecular complexity index is 1240. The van der Waals surface area contributed by atoms with Crippen molar-refractivity contribution in [1.82, 2.24) is 4.57 Å². The minimum Gasteiger partial charge on any atom is -0.493 e. The van der Waals surface area contributed by atoms with E-state index in [1.165, 1.54) is 30.6 Å². The van der Waals surface area contributed by atoms with Crippen molar-refractivity contribution in [3.05, 3.63) is 67.5 Å². The molecule has 2 aromatic carbocycles. The van der Waals surface area contributed by atoms with E-state index >= 15 is 0 Å². The van der Waals surface area contributed by atoms with Gasteiger partial charge in [-0.3, -0.25) is 9.36 Å². The van der Waals surface area contributed by atoms with Gasteiger partial charge in [0.15, 0.2) is 16.3 Å². The molecule has 0 spiro atoms. The number of methoxy groups -OCH3 is 3. The van der Waals surface area contributed by atoms with E-state index in [0.29, 0.717) is 45.6 Å². The summed E-state index contributed by atoms with van der Waals surface area (Å²) in [5.74, 6) is 1.17. The Morgan fingerprint density at radius 1 is 1.10 bits per heavy atom. The molecule has 9 heteroatoms. The molecule has 4 rings (SSSR count). The predicted molar refractivity (Wildman–Crippen MR) is 113 cm³/mol. The van der Waals surface area contributed by atoms with E-state index in [4.69, 9.17) is 14.2 Å². The lowest BCUT2D eigenvalue weighted by Crippen LogP contribution is -2.42. The van der Waals surface area contributed by atoms with Crippen LogP contribution in [0.15, 0.2) is 46.2 Å². The zero-order chi connectivity index (χ0) is 21.3. The van der Waals surface area contributed by atoms with Crippen LogP contribution in [0.25, 0.3) is 6.08 Å². The highest BCUT2D eigenvalue weighted by atomic mass is 32.1. The summed E-state index contributed by atoms with van der Waals surface area (Å²) in [6, 6.07) is 9.81. The first-order valence-corrected chi connectivity index (χ1v) is 9.92. The van der Waals surface area contributed by atoms with Crippen LogP contribution in [-0.4, -0.2) is 32.6 Å². The van der Waals surface area contributed by atoms with Crippen LogP contribution >= 0.6 is 11.3 Å². The van der Waals surface area contributed by atoms with E-state index in [0.717, 1.165) is 5.56 Å². The number of halogens is 1. The van der Waals surface area contributed by atoms with E-state index in [-0.39, 0.29) is 11.4 Å². The van der Waals surface area contributed by atoms with Crippen LogP contribution in [0.4, 0.5) is 10.1 Å². The largest absolute Gasteiger partial charge is 0.493 e.